The molecule has 4 rings (SSSR count). The summed E-state index contributed by atoms with van der Waals surface area (Å²) in [6.07, 6.45) is 6.91. The lowest BCUT2D eigenvalue weighted by atomic mass is 9.44. The molecule has 0 heterocycles. The summed E-state index contributed by atoms with van der Waals surface area (Å²) < 4.78 is 0. The van der Waals surface area contributed by atoms with Crippen LogP contribution in [0, 0.1) is 34.5 Å². The lowest BCUT2D eigenvalue weighted by Crippen LogP contribution is -2.58. The molecule has 0 amide bonds. The minimum Gasteiger partial charge on any atom is -0.393 e. The molecule has 8 atom stereocenters. The van der Waals surface area contributed by atoms with Crippen molar-refractivity contribution in [2.45, 2.75) is 77.4 Å². The summed E-state index contributed by atoms with van der Waals surface area (Å²) in [4.78, 5) is 12.1. The highest BCUT2D eigenvalue weighted by Gasteiger charge is 2.62. The van der Waals surface area contributed by atoms with Crippen molar-refractivity contribution in [1.29, 1.82) is 0 Å². The molecule has 4 aliphatic rings. The molecule has 4 saturated carbocycles. The SMILES string of the molecule is CC12CCC3C(CC(O)C4CCC(=O)CC43C)C1CCC2O. The van der Waals surface area contributed by atoms with Gasteiger partial charge in [-0.1, -0.05) is 13.8 Å². The minimum atomic E-state index is -0.251. The van der Waals surface area contributed by atoms with Crippen molar-refractivity contribution in [3.8, 4) is 0 Å². The van der Waals surface area contributed by atoms with E-state index in [-0.39, 0.29) is 23.0 Å². The number of rotatable bonds is 0. The van der Waals surface area contributed by atoms with E-state index in [2.05, 4.69) is 13.8 Å². The van der Waals surface area contributed by atoms with Crippen LogP contribution in [0.4, 0.5) is 0 Å². The van der Waals surface area contributed by atoms with Gasteiger partial charge < -0.3 is 10.2 Å². The molecular formula is C19H30O3. The Hall–Kier alpha value is -0.410. The van der Waals surface area contributed by atoms with Gasteiger partial charge in [0.1, 0.15) is 5.78 Å². The van der Waals surface area contributed by atoms with E-state index in [9.17, 15) is 15.0 Å². The number of carbonyl (C=O) groups excluding carboxylic acids is 1. The first-order valence-corrected chi connectivity index (χ1v) is 9.24. The smallest absolute Gasteiger partial charge is 0.133 e. The van der Waals surface area contributed by atoms with E-state index in [1.807, 2.05) is 0 Å². The Bertz CT molecular complexity index is 489. The van der Waals surface area contributed by atoms with Gasteiger partial charge in [-0.05, 0) is 73.0 Å². The van der Waals surface area contributed by atoms with Crippen molar-refractivity contribution in [2.24, 2.45) is 34.5 Å². The molecule has 0 radical (unpaired) electrons. The van der Waals surface area contributed by atoms with Gasteiger partial charge in [-0.2, -0.15) is 0 Å². The Morgan fingerprint density at radius 3 is 2.45 bits per heavy atom. The number of hydrogen-bond acceptors (Lipinski definition) is 3. The van der Waals surface area contributed by atoms with Crippen molar-refractivity contribution < 1.29 is 15.0 Å². The Balaban J connectivity index is 1.69. The van der Waals surface area contributed by atoms with Crippen molar-refractivity contribution >= 4 is 5.78 Å². The second-order valence-electron chi connectivity index (χ2n) is 9.18. The van der Waals surface area contributed by atoms with Crippen molar-refractivity contribution in [3.05, 3.63) is 0 Å². The summed E-state index contributed by atoms with van der Waals surface area (Å²) in [7, 11) is 0. The van der Waals surface area contributed by atoms with Crippen LogP contribution in [0.5, 0.6) is 0 Å². The molecule has 3 heteroatoms. The zero-order valence-corrected chi connectivity index (χ0v) is 13.9. The van der Waals surface area contributed by atoms with E-state index in [0.29, 0.717) is 42.3 Å². The number of ketones is 1. The molecule has 0 aromatic rings. The summed E-state index contributed by atoms with van der Waals surface area (Å²) >= 11 is 0. The first-order chi connectivity index (χ1) is 10.4. The van der Waals surface area contributed by atoms with Gasteiger partial charge >= 0.3 is 0 Å². The first-order valence-electron chi connectivity index (χ1n) is 9.24. The highest BCUT2D eigenvalue weighted by atomic mass is 16.3. The van der Waals surface area contributed by atoms with Gasteiger partial charge in [-0.25, -0.2) is 0 Å². The number of Topliss-reactive ketones (excluding diaryl/α,β-unsaturated/α-hetero) is 1. The minimum absolute atomic E-state index is 0.00740. The third-order valence-corrected chi connectivity index (χ3v) is 8.37. The Morgan fingerprint density at radius 2 is 1.68 bits per heavy atom. The molecule has 4 fully saturated rings. The van der Waals surface area contributed by atoms with Crippen LogP contribution < -0.4 is 0 Å². The number of carbonyl (C=O) groups is 1. The third kappa shape index (κ3) is 1.84. The molecule has 4 aliphatic carbocycles. The van der Waals surface area contributed by atoms with E-state index in [4.69, 9.17) is 0 Å². The van der Waals surface area contributed by atoms with Crippen LogP contribution in [-0.4, -0.2) is 28.2 Å². The van der Waals surface area contributed by atoms with E-state index in [1.54, 1.807) is 0 Å². The van der Waals surface area contributed by atoms with Gasteiger partial charge in [0.25, 0.3) is 0 Å². The van der Waals surface area contributed by atoms with E-state index >= 15 is 0 Å². The molecule has 0 aromatic carbocycles. The first kappa shape index (κ1) is 15.1. The lowest BCUT2D eigenvalue weighted by Gasteiger charge is -2.61. The maximum atomic E-state index is 12.1. The van der Waals surface area contributed by atoms with Crippen LogP contribution in [0.2, 0.25) is 0 Å². The third-order valence-electron chi connectivity index (χ3n) is 8.37. The van der Waals surface area contributed by atoms with E-state index in [0.717, 1.165) is 38.5 Å². The quantitative estimate of drug-likeness (QED) is 0.723. The Kier molecular flexibility index (Phi) is 3.30. The number of aliphatic hydroxyl groups is 2. The molecule has 0 aromatic heterocycles. The lowest BCUT2D eigenvalue weighted by molar-refractivity contribution is -0.168. The summed E-state index contributed by atoms with van der Waals surface area (Å²) in [5.41, 5.74) is 0.0370. The van der Waals surface area contributed by atoms with Crippen LogP contribution in [0.25, 0.3) is 0 Å². The van der Waals surface area contributed by atoms with Crippen LogP contribution in [0.1, 0.15) is 65.2 Å². The van der Waals surface area contributed by atoms with E-state index in [1.165, 1.54) is 0 Å². The average molecular weight is 306 g/mol. The Morgan fingerprint density at radius 1 is 0.955 bits per heavy atom. The van der Waals surface area contributed by atoms with Gasteiger partial charge in [-0.3, -0.25) is 4.79 Å². The predicted molar refractivity (Wildman–Crippen MR) is 84.1 cm³/mol. The molecule has 2 N–H and O–H groups in total. The fourth-order valence-electron chi connectivity index (χ4n) is 7.18. The van der Waals surface area contributed by atoms with Gasteiger partial charge in [-0.15, -0.1) is 0 Å². The molecule has 8 unspecified atom stereocenters. The molecule has 0 saturated heterocycles. The fraction of sp³-hybridized carbons (Fsp3) is 0.947. The topological polar surface area (TPSA) is 57.5 Å². The summed E-state index contributed by atoms with van der Waals surface area (Å²) in [6, 6.07) is 0. The summed E-state index contributed by atoms with van der Waals surface area (Å²) in [5, 5.41) is 21.3. The van der Waals surface area contributed by atoms with Gasteiger partial charge in [0.15, 0.2) is 0 Å². The Labute approximate surface area is 133 Å². The monoisotopic (exact) mass is 306 g/mol. The van der Waals surface area contributed by atoms with E-state index < -0.39 is 0 Å². The largest absolute Gasteiger partial charge is 0.393 e. The van der Waals surface area contributed by atoms with Crippen molar-refractivity contribution in [1.82, 2.24) is 0 Å². The highest BCUT2D eigenvalue weighted by Crippen LogP contribution is 2.65. The second-order valence-corrected chi connectivity index (χ2v) is 9.18. The van der Waals surface area contributed by atoms with Gasteiger partial charge in [0, 0.05) is 12.8 Å². The second kappa shape index (κ2) is 4.80. The molecule has 3 nitrogen and oxygen atoms in total. The van der Waals surface area contributed by atoms with Crippen LogP contribution >= 0.6 is 0 Å². The molecule has 0 aliphatic heterocycles. The molecule has 22 heavy (non-hydrogen) atoms. The van der Waals surface area contributed by atoms with Crippen LogP contribution in [0.3, 0.4) is 0 Å². The summed E-state index contributed by atoms with van der Waals surface area (Å²) in [6.45, 7) is 4.54. The molecule has 124 valence electrons. The zero-order valence-electron chi connectivity index (χ0n) is 13.9. The van der Waals surface area contributed by atoms with Crippen molar-refractivity contribution in [2.75, 3.05) is 0 Å². The number of hydrogen-bond donors (Lipinski definition) is 2. The molecule has 0 bridgehead atoms. The van der Waals surface area contributed by atoms with Gasteiger partial charge in [0.05, 0.1) is 12.2 Å². The predicted octanol–water partition coefficient (Wildman–Crippen LogP) is 2.93. The average Bonchev–Trinajstić information content (AvgIpc) is 2.74. The normalized spacial score (nSPS) is 57.9. The zero-order chi connectivity index (χ0) is 15.7. The fourth-order valence-corrected chi connectivity index (χ4v) is 7.18. The standard InChI is InChI=1S/C19H30O3/c1-18-8-7-14-12(13(18)5-6-17(18)22)9-16(21)15-4-3-11(20)10-19(14,15)2/h12-17,21-22H,3-10H2,1-2H3. The molecular weight excluding hydrogens is 276 g/mol. The molecule has 0 spiro atoms. The van der Waals surface area contributed by atoms with Crippen LogP contribution in [-0.2, 0) is 4.79 Å². The maximum absolute atomic E-state index is 12.1. The number of aliphatic hydroxyl groups excluding tert-OH is 2. The highest BCUT2D eigenvalue weighted by molar-refractivity contribution is 5.80. The number of fused-ring (bicyclic) bond motifs is 5. The summed E-state index contributed by atoms with van der Waals surface area (Å²) in [5.74, 6) is 2.30. The maximum Gasteiger partial charge on any atom is 0.133 e. The van der Waals surface area contributed by atoms with Crippen molar-refractivity contribution in [3.63, 3.8) is 0 Å². The van der Waals surface area contributed by atoms with Gasteiger partial charge in [0.2, 0.25) is 0 Å². The van der Waals surface area contributed by atoms with Crippen LogP contribution in [0.15, 0.2) is 0 Å².